The topological polar surface area (TPSA) is 23.6 Å². The van der Waals surface area contributed by atoms with Crippen LogP contribution in [-0.4, -0.2) is 48.9 Å². The number of likely N-dealkylation sites (N-methyl/N-ethyl adjacent to an activating group) is 1. The fourth-order valence-electron chi connectivity index (χ4n) is 2.48. The van der Waals surface area contributed by atoms with Crippen molar-refractivity contribution in [1.82, 2.24) is 9.80 Å². The number of carbonyl (C=O) groups excluding carboxylic acids is 1. The smallest absolute Gasteiger partial charge is 0.253 e. The molecule has 1 fully saturated rings. The van der Waals surface area contributed by atoms with Gasteiger partial charge >= 0.3 is 0 Å². The van der Waals surface area contributed by atoms with Crippen molar-refractivity contribution in [1.29, 1.82) is 0 Å². The highest BCUT2D eigenvalue weighted by Gasteiger charge is 2.16. The average Bonchev–Trinajstić information content (AvgIpc) is 2.87. The molecule has 1 aliphatic heterocycles. The second-order valence-electron chi connectivity index (χ2n) is 5.29. The van der Waals surface area contributed by atoms with Crippen molar-refractivity contribution in [3.05, 3.63) is 33.8 Å². The molecular formula is C15H21BrN2O. The van der Waals surface area contributed by atoms with Crippen LogP contribution in [-0.2, 0) is 0 Å². The van der Waals surface area contributed by atoms with E-state index in [1.54, 1.807) is 0 Å². The van der Waals surface area contributed by atoms with Gasteiger partial charge in [0, 0.05) is 30.2 Å². The van der Waals surface area contributed by atoms with Crippen LogP contribution in [0.5, 0.6) is 0 Å². The molecule has 1 aliphatic rings. The summed E-state index contributed by atoms with van der Waals surface area (Å²) in [6.45, 7) is 6.14. The number of benzene rings is 1. The summed E-state index contributed by atoms with van der Waals surface area (Å²) in [4.78, 5) is 16.6. The highest BCUT2D eigenvalue weighted by atomic mass is 79.9. The van der Waals surface area contributed by atoms with Gasteiger partial charge in [0.2, 0.25) is 0 Å². The van der Waals surface area contributed by atoms with E-state index in [-0.39, 0.29) is 5.91 Å². The number of rotatable bonds is 4. The van der Waals surface area contributed by atoms with Crippen LogP contribution in [0.4, 0.5) is 0 Å². The molecule has 0 atom stereocenters. The number of hydrogen-bond donors (Lipinski definition) is 0. The van der Waals surface area contributed by atoms with E-state index in [0.29, 0.717) is 0 Å². The molecule has 1 aromatic carbocycles. The van der Waals surface area contributed by atoms with E-state index in [9.17, 15) is 4.79 Å². The summed E-state index contributed by atoms with van der Waals surface area (Å²) in [5.41, 5.74) is 1.86. The van der Waals surface area contributed by atoms with Crippen LogP contribution >= 0.6 is 15.9 Å². The molecule has 1 aromatic rings. The van der Waals surface area contributed by atoms with Crippen molar-refractivity contribution in [2.75, 3.05) is 33.2 Å². The third-order valence-electron chi connectivity index (χ3n) is 3.59. The molecule has 0 bridgehead atoms. The summed E-state index contributed by atoms with van der Waals surface area (Å²) in [6.07, 6.45) is 2.59. The minimum absolute atomic E-state index is 0.101. The number of nitrogens with zero attached hydrogens (tertiary/aromatic N) is 2. The van der Waals surface area contributed by atoms with Crippen LogP contribution in [0.15, 0.2) is 22.7 Å². The first kappa shape index (κ1) is 14.5. The summed E-state index contributed by atoms with van der Waals surface area (Å²) < 4.78 is 0.962. The second-order valence-corrected chi connectivity index (χ2v) is 6.21. The van der Waals surface area contributed by atoms with Crippen molar-refractivity contribution in [3.63, 3.8) is 0 Å². The third kappa shape index (κ3) is 4.05. The van der Waals surface area contributed by atoms with Crippen LogP contribution in [0.2, 0.25) is 0 Å². The minimum atomic E-state index is 0.101. The van der Waals surface area contributed by atoms with Gasteiger partial charge in [-0.1, -0.05) is 15.9 Å². The third-order valence-corrected chi connectivity index (χ3v) is 4.04. The van der Waals surface area contributed by atoms with E-state index in [4.69, 9.17) is 0 Å². The fraction of sp³-hybridized carbons (Fsp3) is 0.533. The minimum Gasteiger partial charge on any atom is -0.340 e. The number of halogens is 1. The van der Waals surface area contributed by atoms with Crippen LogP contribution in [0, 0.1) is 6.92 Å². The Hall–Kier alpha value is -0.870. The summed E-state index contributed by atoms with van der Waals surface area (Å²) in [6, 6.07) is 5.85. The molecule has 0 saturated carbocycles. The zero-order chi connectivity index (χ0) is 13.8. The van der Waals surface area contributed by atoms with Crippen molar-refractivity contribution in [2.45, 2.75) is 19.8 Å². The molecule has 1 saturated heterocycles. The Bertz CT molecular complexity index is 435. The zero-order valence-electron chi connectivity index (χ0n) is 11.7. The van der Waals surface area contributed by atoms with E-state index < -0.39 is 0 Å². The van der Waals surface area contributed by atoms with Crippen molar-refractivity contribution >= 4 is 21.8 Å². The van der Waals surface area contributed by atoms with Crippen molar-refractivity contribution < 1.29 is 4.79 Å². The van der Waals surface area contributed by atoms with Crippen LogP contribution in [0.3, 0.4) is 0 Å². The van der Waals surface area contributed by atoms with Gasteiger partial charge in [-0.3, -0.25) is 4.79 Å². The van der Waals surface area contributed by atoms with Crippen molar-refractivity contribution in [2.24, 2.45) is 0 Å². The molecule has 1 heterocycles. The van der Waals surface area contributed by atoms with Gasteiger partial charge in [0.1, 0.15) is 0 Å². The van der Waals surface area contributed by atoms with E-state index in [0.717, 1.165) is 28.7 Å². The molecule has 0 radical (unpaired) electrons. The van der Waals surface area contributed by atoms with Gasteiger partial charge in [-0.25, -0.2) is 0 Å². The van der Waals surface area contributed by atoms with E-state index in [1.165, 1.54) is 25.9 Å². The lowest BCUT2D eigenvalue weighted by molar-refractivity contribution is 0.0782. The van der Waals surface area contributed by atoms with Gasteiger partial charge in [0.25, 0.3) is 5.91 Å². The summed E-state index contributed by atoms with van der Waals surface area (Å²) in [7, 11) is 1.88. The zero-order valence-corrected chi connectivity index (χ0v) is 13.2. The molecule has 2 rings (SSSR count). The number of hydrogen-bond acceptors (Lipinski definition) is 2. The molecule has 0 spiro atoms. The quantitative estimate of drug-likeness (QED) is 0.850. The molecule has 4 heteroatoms. The Labute approximate surface area is 123 Å². The summed E-state index contributed by atoms with van der Waals surface area (Å²) in [5, 5.41) is 0. The molecule has 1 amide bonds. The molecule has 104 valence electrons. The average molecular weight is 325 g/mol. The monoisotopic (exact) mass is 324 g/mol. The standard InChI is InChI=1S/C15H21BrN2O/c1-12-9-13(11-14(16)10-12)15(19)17(2)7-8-18-5-3-4-6-18/h9-11H,3-8H2,1-2H3. The van der Waals surface area contributed by atoms with Gasteiger partial charge in [0.05, 0.1) is 0 Å². The Balaban J connectivity index is 1.93. The summed E-state index contributed by atoms with van der Waals surface area (Å²) >= 11 is 3.44. The lowest BCUT2D eigenvalue weighted by Crippen LogP contribution is -2.35. The van der Waals surface area contributed by atoms with Gasteiger partial charge in [0.15, 0.2) is 0 Å². The molecule has 0 aromatic heterocycles. The van der Waals surface area contributed by atoms with Gasteiger partial charge in [-0.15, -0.1) is 0 Å². The molecular weight excluding hydrogens is 304 g/mol. The highest BCUT2D eigenvalue weighted by Crippen LogP contribution is 2.16. The Kier molecular flexibility index (Phi) is 4.99. The number of amides is 1. The van der Waals surface area contributed by atoms with Crippen LogP contribution < -0.4 is 0 Å². The maximum atomic E-state index is 12.3. The van der Waals surface area contributed by atoms with Gasteiger partial charge in [-0.05, 0) is 56.6 Å². The van der Waals surface area contributed by atoms with Crippen LogP contribution in [0.25, 0.3) is 0 Å². The van der Waals surface area contributed by atoms with Crippen LogP contribution in [0.1, 0.15) is 28.8 Å². The van der Waals surface area contributed by atoms with E-state index in [2.05, 4.69) is 20.8 Å². The second kappa shape index (κ2) is 6.53. The molecule has 19 heavy (non-hydrogen) atoms. The van der Waals surface area contributed by atoms with E-state index >= 15 is 0 Å². The normalized spacial score (nSPS) is 15.7. The SMILES string of the molecule is Cc1cc(Br)cc(C(=O)N(C)CCN2CCCC2)c1. The van der Waals surface area contributed by atoms with Gasteiger partial charge in [-0.2, -0.15) is 0 Å². The largest absolute Gasteiger partial charge is 0.340 e. The fourth-order valence-corrected chi connectivity index (χ4v) is 3.09. The van der Waals surface area contributed by atoms with Gasteiger partial charge < -0.3 is 9.80 Å². The van der Waals surface area contributed by atoms with E-state index in [1.807, 2.05) is 37.1 Å². The Morgan fingerprint density at radius 3 is 2.63 bits per heavy atom. The molecule has 0 N–H and O–H groups in total. The lowest BCUT2D eigenvalue weighted by Gasteiger charge is -2.21. The predicted molar refractivity (Wildman–Crippen MR) is 81.5 cm³/mol. The lowest BCUT2D eigenvalue weighted by atomic mass is 10.1. The Morgan fingerprint density at radius 1 is 1.32 bits per heavy atom. The maximum absolute atomic E-state index is 12.3. The predicted octanol–water partition coefficient (Wildman–Crippen LogP) is 2.93. The Morgan fingerprint density at radius 2 is 2.00 bits per heavy atom. The highest BCUT2D eigenvalue weighted by molar-refractivity contribution is 9.10. The first-order valence-corrected chi connectivity index (χ1v) is 7.60. The maximum Gasteiger partial charge on any atom is 0.253 e. The number of carbonyl (C=O) groups is 1. The molecule has 0 aliphatic carbocycles. The first-order valence-electron chi connectivity index (χ1n) is 6.81. The van der Waals surface area contributed by atoms with Crippen molar-refractivity contribution in [3.8, 4) is 0 Å². The number of likely N-dealkylation sites (tertiary alicyclic amines) is 1. The number of aryl methyl sites for hydroxylation is 1. The summed E-state index contributed by atoms with van der Waals surface area (Å²) in [5.74, 6) is 0.101. The molecule has 3 nitrogen and oxygen atoms in total. The molecule has 0 unspecified atom stereocenters. The first-order chi connectivity index (χ1) is 9.06.